The number of hydrogen-bond donors (Lipinski definition) is 1. The fourth-order valence-electron chi connectivity index (χ4n) is 2.41. The molecule has 0 aliphatic carbocycles. The number of carbonyl (C=O) groups is 1. The second kappa shape index (κ2) is 7.93. The molecular formula is C17H17ClN4O4S. The molecule has 0 atom stereocenters. The third kappa shape index (κ3) is 4.37. The van der Waals surface area contributed by atoms with E-state index < -0.39 is 21.1 Å². The van der Waals surface area contributed by atoms with E-state index in [1.807, 2.05) is 11.6 Å². The van der Waals surface area contributed by atoms with E-state index >= 15 is 0 Å². The third-order valence-electron chi connectivity index (χ3n) is 3.66. The second-order valence-corrected chi connectivity index (χ2v) is 7.67. The number of aryl methyl sites for hydroxylation is 1. The molecule has 0 fully saturated rings. The monoisotopic (exact) mass is 408 g/mol. The van der Waals surface area contributed by atoms with Gasteiger partial charge in [-0.25, -0.2) is 14.5 Å². The minimum Gasteiger partial charge on any atom is -0.410 e. The van der Waals surface area contributed by atoms with Gasteiger partial charge in [-0.3, -0.25) is 0 Å². The number of fused-ring (bicyclic) bond motifs is 1. The molecule has 1 aromatic carbocycles. The fraction of sp³-hybridized carbons (Fsp3) is 0.235. The van der Waals surface area contributed by atoms with Crippen molar-refractivity contribution in [2.24, 2.45) is 0 Å². The Labute approximate surface area is 161 Å². The zero-order chi connectivity index (χ0) is 19.4. The molecule has 3 aromatic rings. The van der Waals surface area contributed by atoms with Crippen molar-refractivity contribution >= 4 is 33.4 Å². The molecule has 2 aromatic heterocycles. The molecule has 8 nitrogen and oxygen atoms in total. The van der Waals surface area contributed by atoms with Crippen molar-refractivity contribution in [2.75, 3.05) is 0 Å². The van der Waals surface area contributed by atoms with Crippen LogP contribution in [0.1, 0.15) is 25.5 Å². The first-order chi connectivity index (χ1) is 12.9. The summed E-state index contributed by atoms with van der Waals surface area (Å²) in [5, 5.41) is 3.59. The van der Waals surface area contributed by atoms with Gasteiger partial charge in [0, 0.05) is 0 Å². The Morgan fingerprint density at radius 2 is 1.96 bits per heavy atom. The lowest BCUT2D eigenvalue weighted by Crippen LogP contribution is -2.34. The van der Waals surface area contributed by atoms with Gasteiger partial charge < -0.3 is 4.74 Å². The maximum Gasteiger partial charge on any atom is 0.426 e. The SMILES string of the molecule is CCCCc1ccc2nc(Cl)c(S(=O)(=O)NC(=O)Oc3ccccc3)n2n1. The number of halogens is 1. The largest absolute Gasteiger partial charge is 0.426 e. The zero-order valence-corrected chi connectivity index (χ0v) is 16.0. The van der Waals surface area contributed by atoms with Gasteiger partial charge in [0.1, 0.15) is 5.75 Å². The topological polar surface area (TPSA) is 103 Å². The van der Waals surface area contributed by atoms with Gasteiger partial charge in [-0.15, -0.1) is 0 Å². The molecule has 0 saturated carbocycles. The molecule has 0 aliphatic heterocycles. The smallest absolute Gasteiger partial charge is 0.410 e. The van der Waals surface area contributed by atoms with Crippen LogP contribution < -0.4 is 9.46 Å². The maximum absolute atomic E-state index is 12.7. The Morgan fingerprint density at radius 3 is 2.67 bits per heavy atom. The van der Waals surface area contributed by atoms with Crippen LogP contribution >= 0.6 is 11.6 Å². The summed E-state index contributed by atoms with van der Waals surface area (Å²) in [6.45, 7) is 2.05. The van der Waals surface area contributed by atoms with E-state index in [1.165, 1.54) is 12.1 Å². The number of hydrogen-bond acceptors (Lipinski definition) is 6. The standard InChI is InChI=1S/C17H17ClN4O4S/c1-2-3-7-12-10-11-14-19-15(18)16(22(14)20-12)27(24,25)21-17(23)26-13-8-5-4-6-9-13/h4-6,8-11H,2-3,7H2,1H3,(H,21,23). The Hall–Kier alpha value is -2.65. The predicted molar refractivity (Wildman–Crippen MR) is 99.4 cm³/mol. The van der Waals surface area contributed by atoms with E-state index in [1.54, 1.807) is 30.3 Å². The number of ether oxygens (including phenoxy) is 1. The Bertz CT molecular complexity index is 1070. The van der Waals surface area contributed by atoms with E-state index in [2.05, 4.69) is 10.1 Å². The van der Waals surface area contributed by atoms with Gasteiger partial charge >= 0.3 is 6.09 Å². The normalized spacial score (nSPS) is 11.5. The molecule has 142 valence electrons. The summed E-state index contributed by atoms with van der Waals surface area (Å²) >= 11 is 6.01. The summed E-state index contributed by atoms with van der Waals surface area (Å²) in [5.41, 5.74) is 0.957. The molecule has 3 rings (SSSR count). The van der Waals surface area contributed by atoms with Crippen molar-refractivity contribution in [2.45, 2.75) is 31.2 Å². The fourth-order valence-corrected chi connectivity index (χ4v) is 3.87. The number of imidazole rings is 1. The number of para-hydroxylation sites is 1. The van der Waals surface area contributed by atoms with Crippen LogP contribution in [0.25, 0.3) is 5.65 Å². The maximum atomic E-state index is 12.7. The molecule has 0 unspecified atom stereocenters. The van der Waals surface area contributed by atoms with E-state index in [-0.39, 0.29) is 16.5 Å². The molecule has 2 heterocycles. The first-order valence-electron chi connectivity index (χ1n) is 8.24. The zero-order valence-electron chi connectivity index (χ0n) is 14.4. The summed E-state index contributed by atoms with van der Waals surface area (Å²) in [7, 11) is -4.35. The van der Waals surface area contributed by atoms with Crippen LogP contribution in [0, 0.1) is 0 Å². The first-order valence-corrected chi connectivity index (χ1v) is 10.1. The van der Waals surface area contributed by atoms with Crippen molar-refractivity contribution < 1.29 is 17.9 Å². The molecule has 10 heteroatoms. The summed E-state index contributed by atoms with van der Waals surface area (Å²) in [4.78, 5) is 16.0. The predicted octanol–water partition coefficient (Wildman–Crippen LogP) is 3.20. The minimum atomic E-state index is -4.35. The van der Waals surface area contributed by atoms with Crippen LogP contribution in [-0.2, 0) is 16.4 Å². The van der Waals surface area contributed by atoms with Gasteiger partial charge in [0.2, 0.25) is 5.03 Å². The highest BCUT2D eigenvalue weighted by Gasteiger charge is 2.28. The summed E-state index contributed by atoms with van der Waals surface area (Å²) < 4.78 is 33.2. The lowest BCUT2D eigenvalue weighted by atomic mass is 10.2. The average Bonchev–Trinajstić information content (AvgIpc) is 2.96. The van der Waals surface area contributed by atoms with Crippen molar-refractivity contribution in [3.63, 3.8) is 0 Å². The number of rotatable bonds is 6. The minimum absolute atomic E-state index is 0.203. The van der Waals surface area contributed by atoms with E-state index in [9.17, 15) is 13.2 Å². The van der Waals surface area contributed by atoms with Crippen LogP contribution in [0.3, 0.4) is 0 Å². The van der Waals surface area contributed by atoms with Gasteiger partial charge in [0.25, 0.3) is 10.0 Å². The molecule has 0 radical (unpaired) electrons. The van der Waals surface area contributed by atoms with Gasteiger partial charge in [-0.2, -0.15) is 18.0 Å². The summed E-state index contributed by atoms with van der Waals surface area (Å²) in [6, 6.07) is 11.5. The third-order valence-corrected chi connectivity index (χ3v) is 5.35. The lowest BCUT2D eigenvalue weighted by molar-refractivity contribution is 0.206. The quantitative estimate of drug-likeness (QED) is 0.671. The number of carbonyl (C=O) groups excluding carboxylic acids is 1. The van der Waals surface area contributed by atoms with Crippen LogP contribution in [0.5, 0.6) is 5.75 Å². The van der Waals surface area contributed by atoms with Crippen LogP contribution in [-0.4, -0.2) is 29.1 Å². The first kappa shape index (κ1) is 19.1. The van der Waals surface area contributed by atoms with E-state index in [4.69, 9.17) is 16.3 Å². The van der Waals surface area contributed by atoms with Crippen molar-refractivity contribution in [3.8, 4) is 5.75 Å². The number of benzene rings is 1. The molecular weight excluding hydrogens is 392 g/mol. The van der Waals surface area contributed by atoms with E-state index in [0.29, 0.717) is 12.1 Å². The summed E-state index contributed by atoms with van der Waals surface area (Å²) in [6.07, 6.45) is 1.41. The average molecular weight is 409 g/mol. The molecule has 1 amide bonds. The molecule has 0 bridgehead atoms. The van der Waals surface area contributed by atoms with Gasteiger partial charge in [0.15, 0.2) is 10.8 Å². The number of nitrogens with zero attached hydrogens (tertiary/aromatic N) is 3. The number of amides is 1. The Balaban J connectivity index is 1.89. The van der Waals surface area contributed by atoms with Crippen LogP contribution in [0.15, 0.2) is 47.5 Å². The van der Waals surface area contributed by atoms with Gasteiger partial charge in [-0.05, 0) is 37.1 Å². The molecule has 0 spiro atoms. The molecule has 1 N–H and O–H groups in total. The van der Waals surface area contributed by atoms with Crippen LogP contribution in [0.2, 0.25) is 5.15 Å². The molecule has 0 aliphatic rings. The lowest BCUT2D eigenvalue weighted by Gasteiger charge is -2.08. The highest BCUT2D eigenvalue weighted by atomic mass is 35.5. The van der Waals surface area contributed by atoms with Crippen molar-refractivity contribution in [1.82, 2.24) is 19.3 Å². The van der Waals surface area contributed by atoms with Crippen LogP contribution in [0.4, 0.5) is 4.79 Å². The molecule has 27 heavy (non-hydrogen) atoms. The van der Waals surface area contributed by atoms with Gasteiger partial charge in [-0.1, -0.05) is 43.1 Å². The second-order valence-electron chi connectivity index (χ2n) is 5.71. The Morgan fingerprint density at radius 1 is 1.22 bits per heavy atom. The summed E-state index contributed by atoms with van der Waals surface area (Å²) in [5.74, 6) is 0.203. The molecule has 0 saturated heterocycles. The highest BCUT2D eigenvalue weighted by molar-refractivity contribution is 7.90. The number of aromatic nitrogens is 3. The Kier molecular flexibility index (Phi) is 5.62. The van der Waals surface area contributed by atoms with Crippen molar-refractivity contribution in [1.29, 1.82) is 0 Å². The van der Waals surface area contributed by atoms with E-state index in [0.717, 1.165) is 17.4 Å². The van der Waals surface area contributed by atoms with Crippen molar-refractivity contribution in [3.05, 3.63) is 53.3 Å². The number of unbranched alkanes of at least 4 members (excludes halogenated alkanes) is 1. The number of sulfonamides is 1. The highest BCUT2D eigenvalue weighted by Crippen LogP contribution is 2.22. The number of nitrogens with one attached hydrogen (secondary N) is 1. The van der Waals surface area contributed by atoms with Gasteiger partial charge in [0.05, 0.1) is 5.69 Å².